The van der Waals surface area contributed by atoms with Gasteiger partial charge in [-0.05, 0) is 9.91 Å². The lowest BCUT2D eigenvalue weighted by Gasteiger charge is -2.12. The van der Waals surface area contributed by atoms with E-state index in [1.54, 1.807) is 0 Å². The Bertz CT molecular complexity index is 529. The molecule has 1 heterocycles. The number of nitrogens with zero attached hydrogens (tertiary/aromatic N) is 2. The van der Waals surface area contributed by atoms with E-state index in [4.69, 9.17) is 0 Å². The third kappa shape index (κ3) is 3.53. The number of ether oxygens (including phenoxy) is 2. The zero-order valence-electron chi connectivity index (χ0n) is 9.65. The number of halogens is 3. The number of hydrogen-bond acceptors (Lipinski definition) is 6. The predicted molar refractivity (Wildman–Crippen MR) is 53.7 cm³/mol. The molecule has 0 bridgehead atoms. The first-order valence-corrected chi connectivity index (χ1v) is 4.66. The van der Waals surface area contributed by atoms with Crippen LogP contribution in [0.4, 0.5) is 19.0 Å². The predicted octanol–water partition coefficient (Wildman–Crippen LogP) is 1.98. The Kier molecular flexibility index (Phi) is 3.92. The molecule has 0 amide bonds. The van der Waals surface area contributed by atoms with Crippen LogP contribution in [-0.4, -0.2) is 29.3 Å². The van der Waals surface area contributed by atoms with E-state index in [-0.39, 0.29) is 5.69 Å². The number of pyridine rings is 1. The second-order valence-corrected chi connectivity index (χ2v) is 3.24. The average molecular weight is 280 g/mol. The lowest BCUT2D eigenvalue weighted by Crippen LogP contribution is -2.20. The van der Waals surface area contributed by atoms with Gasteiger partial charge in [0.15, 0.2) is 11.4 Å². The highest BCUT2D eigenvalue weighted by Crippen LogP contribution is 2.31. The van der Waals surface area contributed by atoms with Crippen LogP contribution in [-0.2, 0) is 4.74 Å². The van der Waals surface area contributed by atoms with Crippen LogP contribution < -0.4 is 4.74 Å². The molecule has 0 fully saturated rings. The number of nitro groups is 1. The van der Waals surface area contributed by atoms with Gasteiger partial charge < -0.3 is 19.6 Å². The lowest BCUT2D eigenvalue weighted by atomic mass is 10.2. The summed E-state index contributed by atoms with van der Waals surface area (Å²) in [6.07, 6.45) is -5.11. The van der Waals surface area contributed by atoms with Crippen molar-refractivity contribution in [1.29, 1.82) is 0 Å². The summed E-state index contributed by atoms with van der Waals surface area (Å²) in [5.41, 5.74) is -0.925. The molecule has 0 radical (unpaired) electrons. The summed E-state index contributed by atoms with van der Waals surface area (Å²) in [5, 5.41) is 10.5. The van der Waals surface area contributed by atoms with Gasteiger partial charge in [-0.2, -0.15) is 0 Å². The van der Waals surface area contributed by atoms with Crippen LogP contribution in [0.25, 0.3) is 0 Å². The molecule has 1 aromatic rings. The number of rotatable bonds is 3. The second-order valence-electron chi connectivity index (χ2n) is 3.24. The summed E-state index contributed by atoms with van der Waals surface area (Å²) in [5.74, 6) is -3.04. The first kappa shape index (κ1) is 14.7. The molecule has 1 aromatic heterocycles. The normalized spacial score (nSPS) is 11.0. The minimum Gasteiger partial charge on any atom is -0.465 e. The highest BCUT2D eigenvalue weighted by molar-refractivity contribution is 5.93. The Morgan fingerprint density at radius 1 is 1.47 bits per heavy atom. The van der Waals surface area contributed by atoms with Crippen LogP contribution in [0.5, 0.6) is 5.75 Å². The van der Waals surface area contributed by atoms with E-state index >= 15 is 0 Å². The minimum atomic E-state index is -5.11. The molecule has 0 aromatic carbocycles. The molecule has 0 N–H and O–H groups in total. The summed E-state index contributed by atoms with van der Waals surface area (Å²) in [6.45, 7) is 1.13. The number of esters is 1. The van der Waals surface area contributed by atoms with Crippen molar-refractivity contribution in [3.63, 3.8) is 0 Å². The van der Waals surface area contributed by atoms with Crippen molar-refractivity contribution in [2.45, 2.75) is 13.3 Å². The molecule has 0 unspecified atom stereocenters. The summed E-state index contributed by atoms with van der Waals surface area (Å²) in [7, 11) is 0.945. The summed E-state index contributed by atoms with van der Waals surface area (Å²) >= 11 is 0. The van der Waals surface area contributed by atoms with E-state index in [0.29, 0.717) is 6.07 Å². The van der Waals surface area contributed by atoms with Gasteiger partial charge in [0.2, 0.25) is 0 Å². The molecule has 0 saturated carbocycles. The molecule has 10 heteroatoms. The monoisotopic (exact) mass is 280 g/mol. The third-order valence-corrected chi connectivity index (χ3v) is 1.95. The number of aromatic nitrogens is 1. The van der Waals surface area contributed by atoms with Crippen molar-refractivity contribution >= 4 is 11.8 Å². The average Bonchev–Trinajstić information content (AvgIpc) is 2.25. The Morgan fingerprint density at radius 2 is 2.05 bits per heavy atom. The molecule has 0 aliphatic heterocycles. The Morgan fingerprint density at radius 3 is 2.47 bits per heavy atom. The van der Waals surface area contributed by atoms with Crippen molar-refractivity contribution in [1.82, 2.24) is 4.98 Å². The van der Waals surface area contributed by atoms with Crippen LogP contribution in [0, 0.1) is 17.0 Å². The zero-order valence-corrected chi connectivity index (χ0v) is 9.65. The molecule has 0 spiro atoms. The molecule has 0 aliphatic carbocycles. The van der Waals surface area contributed by atoms with Crippen molar-refractivity contribution in [2.75, 3.05) is 7.11 Å². The fourth-order valence-corrected chi connectivity index (χ4v) is 1.28. The molecule has 104 valence electrons. The van der Waals surface area contributed by atoms with Gasteiger partial charge in [0.1, 0.15) is 5.56 Å². The van der Waals surface area contributed by atoms with Crippen LogP contribution in [0.3, 0.4) is 0 Å². The Labute approximate surface area is 104 Å². The maximum Gasteiger partial charge on any atom is 0.573 e. The summed E-state index contributed by atoms with van der Waals surface area (Å²) in [6, 6.07) is 0.409. The highest BCUT2D eigenvalue weighted by atomic mass is 19.4. The van der Waals surface area contributed by atoms with Crippen LogP contribution in [0.1, 0.15) is 16.1 Å². The van der Waals surface area contributed by atoms with E-state index in [1.165, 1.54) is 0 Å². The summed E-state index contributed by atoms with van der Waals surface area (Å²) in [4.78, 5) is 24.2. The van der Waals surface area contributed by atoms with Crippen LogP contribution in [0.15, 0.2) is 6.07 Å². The van der Waals surface area contributed by atoms with E-state index in [1.807, 2.05) is 0 Å². The molecule has 7 nitrogen and oxygen atoms in total. The molecule has 19 heavy (non-hydrogen) atoms. The van der Waals surface area contributed by atoms with Gasteiger partial charge in [-0.25, -0.2) is 4.79 Å². The van der Waals surface area contributed by atoms with Gasteiger partial charge in [-0.15, -0.1) is 13.2 Å². The van der Waals surface area contributed by atoms with Gasteiger partial charge in [0.25, 0.3) is 0 Å². The number of hydrogen-bond donors (Lipinski definition) is 0. The fraction of sp³-hybridized carbons (Fsp3) is 0.333. The maximum absolute atomic E-state index is 12.2. The largest absolute Gasteiger partial charge is 0.573 e. The van der Waals surface area contributed by atoms with Crippen molar-refractivity contribution in [2.24, 2.45) is 0 Å². The van der Waals surface area contributed by atoms with Gasteiger partial charge in [0.05, 0.1) is 13.2 Å². The van der Waals surface area contributed by atoms with E-state index in [0.717, 1.165) is 14.0 Å². The first-order chi connectivity index (χ1) is 8.65. The highest BCUT2D eigenvalue weighted by Gasteiger charge is 2.36. The number of alkyl halides is 3. The van der Waals surface area contributed by atoms with Gasteiger partial charge in [-0.1, -0.05) is 0 Å². The maximum atomic E-state index is 12.2. The number of aryl methyl sites for hydroxylation is 1. The Balaban J connectivity index is 3.44. The topological polar surface area (TPSA) is 91.6 Å². The number of carbonyl (C=O) groups excluding carboxylic acids is 1. The van der Waals surface area contributed by atoms with E-state index < -0.39 is 34.4 Å². The molecule has 1 rings (SSSR count). The van der Waals surface area contributed by atoms with Crippen LogP contribution >= 0.6 is 0 Å². The fourth-order valence-electron chi connectivity index (χ4n) is 1.28. The summed E-state index contributed by atoms with van der Waals surface area (Å²) < 4.78 is 44.4. The zero-order chi connectivity index (χ0) is 14.8. The van der Waals surface area contributed by atoms with E-state index in [2.05, 4.69) is 14.5 Å². The lowest BCUT2D eigenvalue weighted by molar-refractivity contribution is -0.389. The molecular formula is C9H7F3N2O5. The Hall–Kier alpha value is -2.39. The van der Waals surface area contributed by atoms with Gasteiger partial charge >= 0.3 is 18.1 Å². The van der Waals surface area contributed by atoms with Crippen molar-refractivity contribution in [3.05, 3.63) is 27.4 Å². The van der Waals surface area contributed by atoms with E-state index in [9.17, 15) is 28.1 Å². The first-order valence-electron chi connectivity index (χ1n) is 4.66. The molecule has 0 aliphatic rings. The third-order valence-electron chi connectivity index (χ3n) is 1.95. The minimum absolute atomic E-state index is 0.305. The molecule has 0 atom stereocenters. The van der Waals surface area contributed by atoms with Gasteiger partial charge in [0, 0.05) is 6.92 Å². The van der Waals surface area contributed by atoms with Crippen molar-refractivity contribution in [3.8, 4) is 5.75 Å². The smallest absolute Gasteiger partial charge is 0.465 e. The SMILES string of the molecule is COC(=O)c1c(OC(F)(F)F)cc([N+](=O)[O-])nc1C. The van der Waals surface area contributed by atoms with Crippen molar-refractivity contribution < 1.29 is 32.4 Å². The molecule has 0 saturated heterocycles. The quantitative estimate of drug-likeness (QED) is 0.477. The molecular weight excluding hydrogens is 273 g/mol. The number of carbonyl (C=O) groups is 1. The van der Waals surface area contributed by atoms with Crippen LogP contribution in [0.2, 0.25) is 0 Å². The van der Waals surface area contributed by atoms with Gasteiger partial charge in [-0.3, -0.25) is 0 Å². The number of methoxy groups -OCH3 is 1. The second kappa shape index (κ2) is 5.08. The standard InChI is InChI=1S/C9H7F3N2O5/c1-4-7(8(15)18-2)5(19-9(10,11)12)3-6(13-4)14(16)17/h3H,1-2H3.